The zero-order valence-electron chi connectivity index (χ0n) is 16.0. The predicted octanol–water partition coefficient (Wildman–Crippen LogP) is 4.73. The lowest BCUT2D eigenvalue weighted by Gasteiger charge is -2.59. The van der Waals surface area contributed by atoms with Gasteiger partial charge in [0.2, 0.25) is 0 Å². The van der Waals surface area contributed by atoms with Crippen LogP contribution in [0.1, 0.15) is 78.1 Å². The summed E-state index contributed by atoms with van der Waals surface area (Å²) in [6.45, 7) is 6.57. The summed E-state index contributed by atoms with van der Waals surface area (Å²) in [5, 5.41) is 0. The van der Waals surface area contributed by atoms with E-state index in [1.807, 2.05) is 0 Å². The second kappa shape index (κ2) is 5.55. The van der Waals surface area contributed by atoms with Gasteiger partial charge in [-0.05, 0) is 74.0 Å². The summed E-state index contributed by atoms with van der Waals surface area (Å²) in [6.07, 6.45) is 11.6. The van der Waals surface area contributed by atoms with Crippen molar-refractivity contribution in [3.63, 3.8) is 0 Å². The molecule has 1 aliphatic heterocycles. The van der Waals surface area contributed by atoms with Crippen molar-refractivity contribution >= 4 is 5.78 Å². The lowest BCUT2D eigenvalue weighted by Crippen LogP contribution is -2.55. The third-order valence-corrected chi connectivity index (χ3v) is 9.51. The Morgan fingerprint density at radius 3 is 2.48 bits per heavy atom. The van der Waals surface area contributed by atoms with Crippen molar-refractivity contribution < 1.29 is 14.3 Å². The molecule has 3 heteroatoms. The van der Waals surface area contributed by atoms with E-state index in [4.69, 9.17) is 9.47 Å². The van der Waals surface area contributed by atoms with Gasteiger partial charge in [0.15, 0.2) is 5.79 Å². The van der Waals surface area contributed by atoms with Crippen LogP contribution in [-0.4, -0.2) is 24.8 Å². The van der Waals surface area contributed by atoms with Gasteiger partial charge in [0.05, 0.1) is 13.2 Å². The van der Waals surface area contributed by atoms with E-state index in [2.05, 4.69) is 13.8 Å². The van der Waals surface area contributed by atoms with Crippen LogP contribution < -0.4 is 0 Å². The van der Waals surface area contributed by atoms with Crippen molar-refractivity contribution in [1.29, 1.82) is 0 Å². The van der Waals surface area contributed by atoms with E-state index in [9.17, 15) is 4.79 Å². The Labute approximate surface area is 152 Å². The third kappa shape index (κ3) is 2.15. The number of carbonyl (C=O) groups excluding carboxylic acids is 1. The minimum Gasteiger partial charge on any atom is -0.347 e. The van der Waals surface area contributed by atoms with Crippen molar-refractivity contribution in [2.75, 3.05) is 13.2 Å². The highest BCUT2D eigenvalue weighted by Gasteiger charge is 2.67. The molecule has 25 heavy (non-hydrogen) atoms. The van der Waals surface area contributed by atoms with Crippen molar-refractivity contribution in [3.05, 3.63) is 0 Å². The summed E-state index contributed by atoms with van der Waals surface area (Å²) in [6, 6.07) is 0. The number of hydrogen-bond donors (Lipinski definition) is 0. The highest BCUT2D eigenvalue weighted by molar-refractivity contribution is 5.79. The van der Waals surface area contributed by atoms with E-state index in [0.717, 1.165) is 56.7 Å². The molecule has 4 aliphatic carbocycles. The number of ketones is 1. The van der Waals surface area contributed by atoms with Crippen LogP contribution in [0.15, 0.2) is 0 Å². The molecule has 140 valence electrons. The minimum absolute atomic E-state index is 0.203. The largest absolute Gasteiger partial charge is 0.347 e. The number of hydrogen-bond acceptors (Lipinski definition) is 3. The van der Waals surface area contributed by atoms with Gasteiger partial charge in [0.1, 0.15) is 5.78 Å². The quantitative estimate of drug-likeness (QED) is 0.636. The van der Waals surface area contributed by atoms with Crippen molar-refractivity contribution in [2.24, 2.45) is 34.5 Å². The molecule has 1 spiro atoms. The highest BCUT2D eigenvalue weighted by Crippen LogP contribution is 2.69. The smallest absolute Gasteiger partial charge is 0.174 e. The maximum absolute atomic E-state index is 12.2. The fourth-order valence-electron chi connectivity index (χ4n) is 8.19. The van der Waals surface area contributed by atoms with Crippen molar-refractivity contribution in [2.45, 2.75) is 83.8 Å². The Morgan fingerprint density at radius 2 is 1.68 bits per heavy atom. The van der Waals surface area contributed by atoms with Crippen LogP contribution in [0.3, 0.4) is 0 Å². The van der Waals surface area contributed by atoms with Crippen LogP contribution >= 0.6 is 0 Å². The topological polar surface area (TPSA) is 35.5 Å². The molecule has 3 nitrogen and oxygen atoms in total. The molecule has 0 bridgehead atoms. The Morgan fingerprint density at radius 1 is 0.920 bits per heavy atom. The van der Waals surface area contributed by atoms with Gasteiger partial charge in [-0.3, -0.25) is 4.79 Å². The molecule has 4 saturated carbocycles. The van der Waals surface area contributed by atoms with Gasteiger partial charge in [-0.15, -0.1) is 0 Å². The van der Waals surface area contributed by atoms with E-state index in [-0.39, 0.29) is 11.2 Å². The number of ether oxygens (including phenoxy) is 2. The molecule has 0 aromatic heterocycles. The first-order chi connectivity index (χ1) is 12.0. The second-order valence-corrected chi connectivity index (χ2v) is 10.2. The number of Topliss-reactive ketones (excluding diaryl/α,β-unsaturated/α-hetero) is 1. The molecule has 0 unspecified atom stereocenters. The van der Waals surface area contributed by atoms with Crippen LogP contribution in [0.4, 0.5) is 0 Å². The van der Waals surface area contributed by atoms with Gasteiger partial charge in [0, 0.05) is 24.7 Å². The van der Waals surface area contributed by atoms with Crippen LogP contribution in [0.5, 0.6) is 0 Å². The zero-order chi connectivity index (χ0) is 17.3. The van der Waals surface area contributed by atoms with Gasteiger partial charge in [-0.25, -0.2) is 0 Å². The molecule has 5 rings (SSSR count). The molecule has 1 saturated heterocycles. The fourth-order valence-corrected chi connectivity index (χ4v) is 8.19. The summed E-state index contributed by atoms with van der Waals surface area (Å²) in [4.78, 5) is 12.2. The van der Waals surface area contributed by atoms with Gasteiger partial charge < -0.3 is 9.47 Å². The minimum atomic E-state index is -0.278. The summed E-state index contributed by atoms with van der Waals surface area (Å²) in [5.41, 5.74) is 0.595. The van der Waals surface area contributed by atoms with Gasteiger partial charge >= 0.3 is 0 Å². The first-order valence-electron chi connectivity index (χ1n) is 10.8. The van der Waals surface area contributed by atoms with Crippen molar-refractivity contribution in [1.82, 2.24) is 0 Å². The van der Waals surface area contributed by atoms with E-state index < -0.39 is 0 Å². The van der Waals surface area contributed by atoms with Crippen LogP contribution in [-0.2, 0) is 14.3 Å². The average molecular weight is 347 g/mol. The molecule has 0 N–H and O–H groups in total. The molecule has 5 fully saturated rings. The Bertz CT molecular complexity index is 566. The van der Waals surface area contributed by atoms with Crippen LogP contribution in [0.2, 0.25) is 0 Å². The average Bonchev–Trinajstić information content (AvgIpc) is 3.13. The van der Waals surface area contributed by atoms with Crippen molar-refractivity contribution in [3.8, 4) is 0 Å². The molecular weight excluding hydrogens is 312 g/mol. The van der Waals surface area contributed by atoms with E-state index in [0.29, 0.717) is 17.1 Å². The van der Waals surface area contributed by atoms with Crippen LogP contribution in [0, 0.1) is 34.5 Å². The Balaban J connectivity index is 1.46. The van der Waals surface area contributed by atoms with E-state index in [1.54, 1.807) is 0 Å². The molecule has 0 aromatic rings. The molecular formula is C22H34O3. The molecule has 1 heterocycles. The summed E-state index contributed by atoms with van der Waals surface area (Å²) >= 11 is 0. The maximum Gasteiger partial charge on any atom is 0.174 e. The Kier molecular flexibility index (Phi) is 3.71. The zero-order valence-corrected chi connectivity index (χ0v) is 16.0. The van der Waals surface area contributed by atoms with E-state index >= 15 is 0 Å². The fraction of sp³-hybridized carbons (Fsp3) is 0.955. The molecule has 6 atom stereocenters. The molecule has 0 amide bonds. The van der Waals surface area contributed by atoms with Gasteiger partial charge in [-0.2, -0.15) is 0 Å². The molecule has 5 aliphatic rings. The summed E-state index contributed by atoms with van der Waals surface area (Å²) < 4.78 is 12.5. The Hall–Kier alpha value is -0.410. The highest BCUT2D eigenvalue weighted by atomic mass is 16.7. The first-order valence-corrected chi connectivity index (χ1v) is 10.8. The standard InChI is InChI=1S/C22H34O3/c1-20-9-3-4-16(23)14-15(20)5-6-17-18(20)7-10-21(2)19(17)8-11-22(21)24-12-13-25-22/h15,17-19H,3-14H2,1-2H3/t15-,17+,18-,19-,20-,21-/m0/s1. The number of carbonyl (C=O) groups is 1. The first kappa shape index (κ1) is 16.7. The molecule has 0 aromatic carbocycles. The number of fused-ring (bicyclic) bond motifs is 6. The summed E-state index contributed by atoms with van der Waals surface area (Å²) in [5.74, 6) is 3.27. The predicted molar refractivity (Wildman–Crippen MR) is 96.0 cm³/mol. The maximum atomic E-state index is 12.2. The van der Waals surface area contributed by atoms with Gasteiger partial charge in [0.25, 0.3) is 0 Å². The lowest BCUT2D eigenvalue weighted by atomic mass is 9.46. The molecule has 0 radical (unpaired) electrons. The summed E-state index contributed by atoms with van der Waals surface area (Å²) in [7, 11) is 0. The van der Waals surface area contributed by atoms with Gasteiger partial charge in [-0.1, -0.05) is 13.8 Å². The second-order valence-electron chi connectivity index (χ2n) is 10.2. The van der Waals surface area contributed by atoms with Crippen LogP contribution in [0.25, 0.3) is 0 Å². The SMILES string of the molecule is C[C@]12CCCC(=O)C[C@@H]1CC[C@@H]1[C@@H]2CC[C@@]2(C)[C@H]1CCC21OCCO1. The normalized spacial score (nSPS) is 51.7. The van der Waals surface area contributed by atoms with E-state index in [1.165, 1.54) is 38.5 Å². The number of rotatable bonds is 0. The lowest BCUT2D eigenvalue weighted by molar-refractivity contribution is -0.246. The monoisotopic (exact) mass is 346 g/mol. The third-order valence-electron chi connectivity index (χ3n) is 9.51.